The van der Waals surface area contributed by atoms with Crippen molar-refractivity contribution in [1.82, 2.24) is 14.4 Å². The molecule has 2 amide bonds. The fraction of sp³-hybridized carbons (Fsp3) is 0.650. The van der Waals surface area contributed by atoms with Crippen molar-refractivity contribution in [3.05, 3.63) is 34.2 Å². The molecule has 0 unspecified atom stereocenters. The van der Waals surface area contributed by atoms with E-state index in [-0.39, 0.29) is 41.7 Å². The van der Waals surface area contributed by atoms with Crippen LogP contribution in [0.3, 0.4) is 0 Å². The van der Waals surface area contributed by atoms with Gasteiger partial charge in [0.15, 0.2) is 0 Å². The van der Waals surface area contributed by atoms with Crippen molar-refractivity contribution in [2.75, 3.05) is 26.2 Å². The average Bonchev–Trinajstić information content (AvgIpc) is 2.85. The van der Waals surface area contributed by atoms with Gasteiger partial charge in [-0.3, -0.25) is 14.4 Å². The number of nitrogens with zero attached hydrogens (tertiary/aromatic N) is 3. The second-order valence-corrected chi connectivity index (χ2v) is 7.97. The van der Waals surface area contributed by atoms with Crippen molar-refractivity contribution in [3.63, 3.8) is 0 Å². The molecule has 3 heterocycles. The number of hydrogen-bond donors (Lipinski definition) is 1. The minimum atomic E-state index is -0.164. The fourth-order valence-electron chi connectivity index (χ4n) is 4.19. The Morgan fingerprint density at radius 1 is 1.07 bits per heavy atom. The first-order valence-electron chi connectivity index (χ1n) is 9.81. The van der Waals surface area contributed by atoms with Gasteiger partial charge >= 0.3 is 0 Å². The van der Waals surface area contributed by atoms with Gasteiger partial charge in [0.25, 0.3) is 5.56 Å². The predicted molar refractivity (Wildman–Crippen MR) is 110 cm³/mol. The standard InChI is InChI=1S/C20H30N4O3.ClH/c1-14(25)24-12-17(3-4-18(21)13-24)20(27)23-9-6-15(7-10-23)16-5-8-22(2)19(26)11-16;/h5,8,11,15,17-18H,3-4,6-7,9-10,12-13,21H2,1-2H3;1H/t17-,18+;/m1./s1. The number of amides is 2. The van der Waals surface area contributed by atoms with Crippen LogP contribution in [-0.2, 0) is 16.6 Å². The third-order valence-electron chi connectivity index (χ3n) is 5.98. The summed E-state index contributed by atoms with van der Waals surface area (Å²) in [6, 6.07) is 3.65. The fourth-order valence-corrected chi connectivity index (χ4v) is 4.19. The van der Waals surface area contributed by atoms with Crippen LogP contribution in [0.15, 0.2) is 23.1 Å². The number of likely N-dealkylation sites (tertiary alicyclic amines) is 2. The van der Waals surface area contributed by atoms with Crippen LogP contribution in [0.4, 0.5) is 0 Å². The molecule has 0 bridgehead atoms. The molecule has 2 aliphatic heterocycles. The van der Waals surface area contributed by atoms with Crippen LogP contribution in [0.2, 0.25) is 0 Å². The molecular weight excluding hydrogens is 380 g/mol. The van der Waals surface area contributed by atoms with Crippen LogP contribution in [0.1, 0.15) is 44.1 Å². The van der Waals surface area contributed by atoms with E-state index in [1.54, 1.807) is 28.8 Å². The lowest BCUT2D eigenvalue weighted by Gasteiger charge is -2.35. The number of hydrogen-bond acceptors (Lipinski definition) is 4. The number of halogens is 1. The van der Waals surface area contributed by atoms with Crippen LogP contribution in [0.5, 0.6) is 0 Å². The van der Waals surface area contributed by atoms with Crippen LogP contribution < -0.4 is 11.3 Å². The first kappa shape index (κ1) is 22.4. The summed E-state index contributed by atoms with van der Waals surface area (Å²) >= 11 is 0. The second-order valence-electron chi connectivity index (χ2n) is 7.97. The molecule has 0 aliphatic carbocycles. The van der Waals surface area contributed by atoms with Gasteiger partial charge in [0.1, 0.15) is 0 Å². The highest BCUT2D eigenvalue weighted by Gasteiger charge is 2.33. The van der Waals surface area contributed by atoms with Gasteiger partial charge < -0.3 is 20.1 Å². The summed E-state index contributed by atoms with van der Waals surface area (Å²) in [5, 5.41) is 0. The maximum Gasteiger partial charge on any atom is 0.250 e. The van der Waals surface area contributed by atoms with E-state index < -0.39 is 0 Å². The smallest absolute Gasteiger partial charge is 0.250 e. The lowest BCUT2D eigenvalue weighted by molar-refractivity contribution is -0.138. The number of aromatic nitrogens is 1. The first-order chi connectivity index (χ1) is 12.8. The molecule has 3 rings (SSSR count). The summed E-state index contributed by atoms with van der Waals surface area (Å²) in [6.45, 7) is 3.93. The molecule has 2 N–H and O–H groups in total. The summed E-state index contributed by atoms with van der Waals surface area (Å²) in [4.78, 5) is 40.3. The highest BCUT2D eigenvalue weighted by Crippen LogP contribution is 2.29. The Balaban J connectivity index is 0.00000280. The third-order valence-corrected chi connectivity index (χ3v) is 5.98. The Kier molecular flexibility index (Phi) is 7.66. The molecule has 0 aromatic carbocycles. The van der Waals surface area contributed by atoms with E-state index in [2.05, 4.69) is 0 Å². The topological polar surface area (TPSA) is 88.6 Å². The van der Waals surface area contributed by atoms with E-state index in [9.17, 15) is 14.4 Å². The normalized spacial score (nSPS) is 23.7. The summed E-state index contributed by atoms with van der Waals surface area (Å²) < 4.78 is 1.57. The van der Waals surface area contributed by atoms with Crippen molar-refractivity contribution >= 4 is 24.2 Å². The van der Waals surface area contributed by atoms with E-state index in [0.29, 0.717) is 32.1 Å². The van der Waals surface area contributed by atoms with Crippen LogP contribution in [-0.4, -0.2) is 58.4 Å². The lowest BCUT2D eigenvalue weighted by atomic mass is 9.89. The number of nitrogens with two attached hydrogens (primary N) is 1. The molecule has 2 saturated heterocycles. The number of pyridine rings is 1. The zero-order valence-electron chi connectivity index (χ0n) is 16.7. The minimum Gasteiger partial charge on any atom is -0.342 e. The van der Waals surface area contributed by atoms with Gasteiger partial charge in [-0.15, -0.1) is 12.4 Å². The lowest BCUT2D eigenvalue weighted by Crippen LogP contribution is -2.45. The molecule has 156 valence electrons. The predicted octanol–water partition coefficient (Wildman–Crippen LogP) is 1.10. The highest BCUT2D eigenvalue weighted by atomic mass is 35.5. The molecule has 2 atom stereocenters. The van der Waals surface area contributed by atoms with E-state index in [4.69, 9.17) is 5.73 Å². The Bertz CT molecular complexity index is 758. The third kappa shape index (κ3) is 5.14. The van der Waals surface area contributed by atoms with Crippen molar-refractivity contribution in [2.45, 2.75) is 44.6 Å². The maximum absolute atomic E-state index is 13.0. The first-order valence-corrected chi connectivity index (χ1v) is 9.81. The second kappa shape index (κ2) is 9.56. The molecule has 2 aliphatic rings. The van der Waals surface area contributed by atoms with Crippen LogP contribution >= 0.6 is 12.4 Å². The van der Waals surface area contributed by atoms with E-state index in [0.717, 1.165) is 31.2 Å². The number of aryl methyl sites for hydroxylation is 1. The molecule has 0 saturated carbocycles. The zero-order valence-corrected chi connectivity index (χ0v) is 17.5. The molecule has 1 aromatic heterocycles. The van der Waals surface area contributed by atoms with E-state index in [1.165, 1.54) is 6.92 Å². The Hall–Kier alpha value is -1.86. The Labute approximate surface area is 172 Å². The van der Waals surface area contributed by atoms with Gasteiger partial charge in [0, 0.05) is 58.5 Å². The van der Waals surface area contributed by atoms with E-state index >= 15 is 0 Å². The van der Waals surface area contributed by atoms with Crippen LogP contribution in [0.25, 0.3) is 0 Å². The quantitative estimate of drug-likeness (QED) is 0.790. The molecule has 0 radical (unpaired) electrons. The molecule has 7 nitrogen and oxygen atoms in total. The monoisotopic (exact) mass is 410 g/mol. The molecule has 8 heteroatoms. The molecule has 0 spiro atoms. The maximum atomic E-state index is 13.0. The molecule has 1 aromatic rings. The van der Waals surface area contributed by atoms with Crippen LogP contribution in [0, 0.1) is 5.92 Å². The van der Waals surface area contributed by atoms with Crippen molar-refractivity contribution < 1.29 is 9.59 Å². The van der Waals surface area contributed by atoms with E-state index in [1.807, 2.05) is 11.0 Å². The summed E-state index contributed by atoms with van der Waals surface area (Å²) in [5.41, 5.74) is 7.13. The van der Waals surface area contributed by atoms with Gasteiger partial charge in [0.2, 0.25) is 11.8 Å². The highest BCUT2D eigenvalue weighted by molar-refractivity contribution is 5.85. The van der Waals surface area contributed by atoms with Crippen molar-refractivity contribution in [2.24, 2.45) is 18.7 Å². The Morgan fingerprint density at radius 3 is 2.36 bits per heavy atom. The molecule has 2 fully saturated rings. The van der Waals surface area contributed by atoms with Crippen molar-refractivity contribution in [3.8, 4) is 0 Å². The minimum absolute atomic E-state index is 0. The number of rotatable bonds is 2. The Morgan fingerprint density at radius 2 is 1.75 bits per heavy atom. The van der Waals surface area contributed by atoms with Gasteiger partial charge in [-0.2, -0.15) is 0 Å². The SMILES string of the molecule is CC(=O)N1C[C@@H](N)CC[C@@H](C(=O)N2CCC(c3ccn(C)c(=O)c3)CC2)C1.Cl. The summed E-state index contributed by atoms with van der Waals surface area (Å²) in [7, 11) is 1.75. The summed E-state index contributed by atoms with van der Waals surface area (Å²) in [5.74, 6) is 0.273. The molecule has 28 heavy (non-hydrogen) atoms. The summed E-state index contributed by atoms with van der Waals surface area (Å²) in [6.07, 6.45) is 5.03. The van der Waals surface area contributed by atoms with Gasteiger partial charge in [-0.05, 0) is 43.2 Å². The molecular formula is C20H31ClN4O3. The number of carbonyl (C=O) groups excluding carboxylic acids is 2. The van der Waals surface area contributed by atoms with Crippen molar-refractivity contribution in [1.29, 1.82) is 0 Å². The van der Waals surface area contributed by atoms with Gasteiger partial charge in [-0.1, -0.05) is 0 Å². The number of piperidine rings is 1. The largest absolute Gasteiger partial charge is 0.342 e. The average molecular weight is 411 g/mol. The number of carbonyl (C=O) groups is 2. The van der Waals surface area contributed by atoms with Gasteiger partial charge in [0.05, 0.1) is 5.92 Å². The van der Waals surface area contributed by atoms with Gasteiger partial charge in [-0.25, -0.2) is 0 Å². The zero-order chi connectivity index (χ0) is 19.6.